The standard InChI is InChI=1S/C13H10FNO2/c14-8-3-4-11-9(6-8)10(7-13(16)15-11)12-2-1-5-17-12/h1-6,10H,7H2,(H,15,16). The molecule has 1 atom stereocenters. The second kappa shape index (κ2) is 3.73. The molecule has 86 valence electrons. The summed E-state index contributed by atoms with van der Waals surface area (Å²) in [4.78, 5) is 11.6. The van der Waals surface area contributed by atoms with Crippen LogP contribution < -0.4 is 5.32 Å². The molecule has 0 radical (unpaired) electrons. The Hall–Kier alpha value is -2.10. The van der Waals surface area contributed by atoms with E-state index in [1.807, 2.05) is 0 Å². The molecule has 1 aromatic heterocycles. The Balaban J connectivity index is 2.13. The van der Waals surface area contributed by atoms with Gasteiger partial charge in [-0.25, -0.2) is 4.39 Å². The zero-order chi connectivity index (χ0) is 11.8. The Labute approximate surface area is 97.2 Å². The summed E-state index contributed by atoms with van der Waals surface area (Å²) in [7, 11) is 0. The molecule has 0 aliphatic carbocycles. The Kier molecular flexibility index (Phi) is 2.21. The quantitative estimate of drug-likeness (QED) is 0.819. The van der Waals surface area contributed by atoms with E-state index in [2.05, 4.69) is 5.32 Å². The summed E-state index contributed by atoms with van der Waals surface area (Å²) < 4.78 is 18.6. The number of fused-ring (bicyclic) bond motifs is 1. The van der Waals surface area contributed by atoms with Gasteiger partial charge < -0.3 is 9.73 Å². The number of anilines is 1. The van der Waals surface area contributed by atoms with E-state index in [4.69, 9.17) is 4.42 Å². The molecule has 1 aromatic carbocycles. The van der Waals surface area contributed by atoms with E-state index in [1.54, 1.807) is 24.5 Å². The third-order valence-corrected chi connectivity index (χ3v) is 2.94. The molecular weight excluding hydrogens is 221 g/mol. The van der Waals surface area contributed by atoms with Crippen LogP contribution >= 0.6 is 0 Å². The first-order valence-electron chi connectivity index (χ1n) is 5.37. The minimum absolute atomic E-state index is 0.0782. The molecular formula is C13H10FNO2. The normalized spacial score (nSPS) is 18.6. The molecule has 1 N–H and O–H groups in total. The van der Waals surface area contributed by atoms with E-state index < -0.39 is 0 Å². The van der Waals surface area contributed by atoms with E-state index in [9.17, 15) is 9.18 Å². The lowest BCUT2D eigenvalue weighted by Gasteiger charge is -2.24. The molecule has 0 spiro atoms. The number of benzene rings is 1. The van der Waals surface area contributed by atoms with Gasteiger partial charge in [-0.3, -0.25) is 4.79 Å². The van der Waals surface area contributed by atoms with Crippen LogP contribution in [0.4, 0.5) is 10.1 Å². The minimum atomic E-state index is -0.309. The molecule has 0 fully saturated rings. The lowest BCUT2D eigenvalue weighted by Crippen LogP contribution is -2.23. The Morgan fingerprint density at radius 3 is 3.00 bits per heavy atom. The highest BCUT2D eigenvalue weighted by atomic mass is 19.1. The lowest BCUT2D eigenvalue weighted by atomic mass is 9.88. The van der Waals surface area contributed by atoms with E-state index >= 15 is 0 Å². The number of furan rings is 1. The first-order valence-corrected chi connectivity index (χ1v) is 5.37. The summed E-state index contributed by atoms with van der Waals surface area (Å²) in [5, 5.41) is 2.73. The van der Waals surface area contributed by atoms with Crippen LogP contribution in [0, 0.1) is 5.82 Å². The molecule has 3 nitrogen and oxygen atoms in total. The largest absolute Gasteiger partial charge is 0.469 e. The highest BCUT2D eigenvalue weighted by molar-refractivity contribution is 5.95. The Bertz CT molecular complexity index is 563. The molecule has 2 aromatic rings. The van der Waals surface area contributed by atoms with Crippen LogP contribution in [-0.2, 0) is 4.79 Å². The summed E-state index contributed by atoms with van der Waals surface area (Å²) >= 11 is 0. The van der Waals surface area contributed by atoms with Gasteiger partial charge in [0.05, 0.1) is 12.2 Å². The number of hydrogen-bond donors (Lipinski definition) is 1. The van der Waals surface area contributed by atoms with Gasteiger partial charge in [-0.15, -0.1) is 0 Å². The molecule has 17 heavy (non-hydrogen) atoms. The van der Waals surface area contributed by atoms with Crippen molar-refractivity contribution in [2.24, 2.45) is 0 Å². The van der Waals surface area contributed by atoms with Gasteiger partial charge in [0.15, 0.2) is 0 Å². The van der Waals surface area contributed by atoms with E-state index in [1.165, 1.54) is 12.1 Å². The average molecular weight is 231 g/mol. The fourth-order valence-electron chi connectivity index (χ4n) is 2.18. The van der Waals surface area contributed by atoms with Crippen LogP contribution in [0.25, 0.3) is 0 Å². The third-order valence-electron chi connectivity index (χ3n) is 2.94. The number of carbonyl (C=O) groups excluding carboxylic acids is 1. The van der Waals surface area contributed by atoms with Crippen molar-refractivity contribution in [2.75, 3.05) is 5.32 Å². The highest BCUT2D eigenvalue weighted by Crippen LogP contribution is 2.37. The molecule has 3 rings (SSSR count). The molecule has 0 bridgehead atoms. The van der Waals surface area contributed by atoms with Crippen molar-refractivity contribution in [3.63, 3.8) is 0 Å². The molecule has 4 heteroatoms. The van der Waals surface area contributed by atoms with Crippen molar-refractivity contribution < 1.29 is 13.6 Å². The van der Waals surface area contributed by atoms with Gasteiger partial charge in [-0.05, 0) is 35.9 Å². The number of amides is 1. The topological polar surface area (TPSA) is 42.2 Å². The van der Waals surface area contributed by atoms with Crippen molar-refractivity contribution in [1.29, 1.82) is 0 Å². The molecule has 2 heterocycles. The first-order chi connectivity index (χ1) is 8.24. The smallest absolute Gasteiger partial charge is 0.225 e. The summed E-state index contributed by atoms with van der Waals surface area (Å²) in [5.74, 6) is 0.0955. The van der Waals surface area contributed by atoms with Crippen LogP contribution in [0.1, 0.15) is 23.7 Å². The third kappa shape index (κ3) is 1.71. The Morgan fingerprint density at radius 2 is 2.24 bits per heavy atom. The van der Waals surface area contributed by atoms with Crippen molar-refractivity contribution in [1.82, 2.24) is 0 Å². The first kappa shape index (κ1) is 10.1. The van der Waals surface area contributed by atoms with Crippen LogP contribution in [-0.4, -0.2) is 5.91 Å². The van der Waals surface area contributed by atoms with Crippen LogP contribution in [0.15, 0.2) is 41.0 Å². The molecule has 0 saturated carbocycles. The van der Waals surface area contributed by atoms with E-state index in [0.717, 1.165) is 5.56 Å². The number of carbonyl (C=O) groups is 1. The van der Waals surface area contributed by atoms with E-state index in [0.29, 0.717) is 11.4 Å². The SMILES string of the molecule is O=C1CC(c2ccco2)c2cc(F)ccc2N1. The second-order valence-corrected chi connectivity index (χ2v) is 4.05. The zero-order valence-corrected chi connectivity index (χ0v) is 8.94. The summed E-state index contributed by atoms with van der Waals surface area (Å²) in [5.41, 5.74) is 1.42. The van der Waals surface area contributed by atoms with Crippen molar-refractivity contribution in [3.8, 4) is 0 Å². The van der Waals surface area contributed by atoms with Crippen molar-refractivity contribution in [3.05, 3.63) is 53.7 Å². The number of hydrogen-bond acceptors (Lipinski definition) is 2. The second-order valence-electron chi connectivity index (χ2n) is 4.05. The summed E-state index contributed by atoms with van der Waals surface area (Å²) in [6, 6.07) is 7.93. The Morgan fingerprint density at radius 1 is 1.35 bits per heavy atom. The number of rotatable bonds is 1. The van der Waals surface area contributed by atoms with Crippen LogP contribution in [0.2, 0.25) is 0 Å². The van der Waals surface area contributed by atoms with Crippen molar-refractivity contribution in [2.45, 2.75) is 12.3 Å². The van der Waals surface area contributed by atoms with Gasteiger partial charge in [-0.1, -0.05) is 0 Å². The predicted octanol–water partition coefficient (Wildman–Crippen LogP) is 2.89. The zero-order valence-electron chi connectivity index (χ0n) is 8.94. The lowest BCUT2D eigenvalue weighted by molar-refractivity contribution is -0.116. The molecule has 0 saturated heterocycles. The fourth-order valence-corrected chi connectivity index (χ4v) is 2.18. The molecule has 1 unspecified atom stereocenters. The average Bonchev–Trinajstić information content (AvgIpc) is 2.82. The summed E-state index contributed by atoms with van der Waals surface area (Å²) in [6.07, 6.45) is 1.84. The fraction of sp³-hybridized carbons (Fsp3) is 0.154. The van der Waals surface area contributed by atoms with Gasteiger partial charge in [0.25, 0.3) is 0 Å². The van der Waals surface area contributed by atoms with Crippen molar-refractivity contribution >= 4 is 11.6 Å². The minimum Gasteiger partial charge on any atom is -0.469 e. The monoisotopic (exact) mass is 231 g/mol. The maximum Gasteiger partial charge on any atom is 0.225 e. The van der Waals surface area contributed by atoms with Gasteiger partial charge in [0, 0.05) is 12.1 Å². The number of nitrogens with one attached hydrogen (secondary N) is 1. The molecule has 1 aliphatic rings. The van der Waals surface area contributed by atoms with Gasteiger partial charge in [0.2, 0.25) is 5.91 Å². The maximum atomic E-state index is 13.3. The van der Waals surface area contributed by atoms with Crippen LogP contribution in [0.5, 0.6) is 0 Å². The molecule has 1 aliphatic heterocycles. The highest BCUT2D eigenvalue weighted by Gasteiger charge is 2.28. The molecule has 1 amide bonds. The van der Waals surface area contributed by atoms with Gasteiger partial charge >= 0.3 is 0 Å². The predicted molar refractivity (Wildman–Crippen MR) is 60.2 cm³/mol. The van der Waals surface area contributed by atoms with E-state index in [-0.39, 0.29) is 24.1 Å². The van der Waals surface area contributed by atoms with Gasteiger partial charge in [0.1, 0.15) is 11.6 Å². The summed E-state index contributed by atoms with van der Waals surface area (Å²) in [6.45, 7) is 0. The van der Waals surface area contributed by atoms with Crippen LogP contribution in [0.3, 0.4) is 0 Å². The van der Waals surface area contributed by atoms with Gasteiger partial charge in [-0.2, -0.15) is 0 Å². The number of halogens is 1. The maximum absolute atomic E-state index is 13.3.